The zero-order chi connectivity index (χ0) is 20.8. The number of rotatable bonds is 4. The molecule has 2 aromatic carbocycles. The summed E-state index contributed by atoms with van der Waals surface area (Å²) in [7, 11) is 0. The van der Waals surface area contributed by atoms with Gasteiger partial charge >= 0.3 is 0 Å². The quantitative estimate of drug-likeness (QED) is 0.425. The molecular formula is C25H24BrN3O. The Morgan fingerprint density at radius 1 is 1.13 bits per heavy atom. The van der Waals surface area contributed by atoms with Crippen LogP contribution in [0.1, 0.15) is 59.3 Å². The number of halogens is 1. The van der Waals surface area contributed by atoms with E-state index < -0.39 is 6.10 Å². The standard InChI is InChI=1S/C25H24BrN3O/c1-3-22-28-23-15(2)13-20(24(30)16-7-5-4-6-8-16)27-25(23)29(22)21-12-9-17-14-18(26)10-11-19(17)21/h4-8,10-11,13-14,21,24,30H,3,9,12H2,1-2H3/t21-,24?/m0/s1. The highest BCUT2D eigenvalue weighted by atomic mass is 79.9. The highest BCUT2D eigenvalue weighted by molar-refractivity contribution is 9.10. The second kappa shape index (κ2) is 7.64. The Balaban J connectivity index is 1.68. The molecule has 0 saturated carbocycles. The molecule has 4 aromatic rings. The van der Waals surface area contributed by atoms with Crippen LogP contribution in [-0.4, -0.2) is 19.6 Å². The van der Waals surface area contributed by atoms with Crippen LogP contribution in [0.5, 0.6) is 0 Å². The summed E-state index contributed by atoms with van der Waals surface area (Å²) in [6.07, 6.45) is 2.17. The van der Waals surface area contributed by atoms with E-state index in [0.717, 1.165) is 51.9 Å². The minimum atomic E-state index is -0.755. The number of aliphatic hydroxyl groups excluding tert-OH is 1. The van der Waals surface area contributed by atoms with Gasteiger partial charge in [0.15, 0.2) is 5.65 Å². The third kappa shape index (κ3) is 3.17. The van der Waals surface area contributed by atoms with E-state index >= 15 is 0 Å². The maximum atomic E-state index is 11.0. The van der Waals surface area contributed by atoms with E-state index in [1.807, 2.05) is 36.4 Å². The van der Waals surface area contributed by atoms with Crippen molar-refractivity contribution in [3.05, 3.63) is 92.8 Å². The average Bonchev–Trinajstić information content (AvgIpc) is 3.34. The molecule has 152 valence electrons. The van der Waals surface area contributed by atoms with Gasteiger partial charge in [0.1, 0.15) is 17.4 Å². The number of aromatic nitrogens is 3. The van der Waals surface area contributed by atoms with Gasteiger partial charge < -0.3 is 9.67 Å². The number of imidazole rings is 1. The summed E-state index contributed by atoms with van der Waals surface area (Å²) in [5.74, 6) is 1.05. The Morgan fingerprint density at radius 2 is 1.93 bits per heavy atom. The van der Waals surface area contributed by atoms with Crippen LogP contribution in [0.2, 0.25) is 0 Å². The number of hydrogen-bond donors (Lipinski definition) is 1. The molecule has 30 heavy (non-hydrogen) atoms. The molecule has 1 N–H and O–H groups in total. The van der Waals surface area contributed by atoms with Gasteiger partial charge in [0.25, 0.3) is 0 Å². The highest BCUT2D eigenvalue weighted by Gasteiger charge is 2.29. The van der Waals surface area contributed by atoms with Gasteiger partial charge in [-0.3, -0.25) is 0 Å². The van der Waals surface area contributed by atoms with Crippen molar-refractivity contribution in [2.45, 2.75) is 45.3 Å². The summed E-state index contributed by atoms with van der Waals surface area (Å²) in [5.41, 5.74) is 7.10. The number of aryl methyl sites for hydroxylation is 3. The molecule has 0 aliphatic heterocycles. The fraction of sp³-hybridized carbons (Fsp3) is 0.280. The van der Waals surface area contributed by atoms with Gasteiger partial charge in [-0.2, -0.15) is 0 Å². The molecule has 0 fully saturated rings. The van der Waals surface area contributed by atoms with Gasteiger partial charge in [-0.15, -0.1) is 0 Å². The molecular weight excluding hydrogens is 438 g/mol. The van der Waals surface area contributed by atoms with Crippen LogP contribution in [0, 0.1) is 6.92 Å². The van der Waals surface area contributed by atoms with E-state index in [-0.39, 0.29) is 6.04 Å². The van der Waals surface area contributed by atoms with Gasteiger partial charge in [0.2, 0.25) is 0 Å². The lowest BCUT2D eigenvalue weighted by Crippen LogP contribution is -2.12. The van der Waals surface area contributed by atoms with Crippen LogP contribution in [0.25, 0.3) is 11.2 Å². The number of benzene rings is 2. The van der Waals surface area contributed by atoms with E-state index in [4.69, 9.17) is 9.97 Å². The van der Waals surface area contributed by atoms with Crippen molar-refractivity contribution in [3.63, 3.8) is 0 Å². The Labute approximate surface area is 184 Å². The molecule has 2 heterocycles. The summed E-state index contributed by atoms with van der Waals surface area (Å²) in [6.45, 7) is 4.20. The molecule has 2 atom stereocenters. The molecule has 1 aliphatic carbocycles. The van der Waals surface area contributed by atoms with Crippen molar-refractivity contribution >= 4 is 27.1 Å². The Morgan fingerprint density at radius 3 is 2.70 bits per heavy atom. The van der Waals surface area contributed by atoms with E-state index in [2.05, 4.69) is 52.5 Å². The van der Waals surface area contributed by atoms with Crippen molar-refractivity contribution in [2.75, 3.05) is 0 Å². The van der Waals surface area contributed by atoms with E-state index in [1.54, 1.807) is 0 Å². The lowest BCUT2D eigenvalue weighted by molar-refractivity contribution is 0.215. The van der Waals surface area contributed by atoms with E-state index in [1.165, 1.54) is 11.1 Å². The van der Waals surface area contributed by atoms with E-state index in [9.17, 15) is 5.11 Å². The summed E-state index contributed by atoms with van der Waals surface area (Å²) in [5, 5.41) is 11.0. The molecule has 1 unspecified atom stereocenters. The maximum Gasteiger partial charge on any atom is 0.161 e. The SMILES string of the molecule is CCc1nc2c(C)cc(C(O)c3ccccc3)nc2n1[C@H]1CCc2cc(Br)ccc21. The number of nitrogens with zero attached hydrogens (tertiary/aromatic N) is 3. The molecule has 0 amide bonds. The number of pyridine rings is 1. The van der Waals surface area contributed by atoms with Crippen LogP contribution < -0.4 is 0 Å². The summed E-state index contributed by atoms with van der Waals surface area (Å²) < 4.78 is 3.43. The van der Waals surface area contributed by atoms with Crippen LogP contribution in [0.15, 0.2) is 59.1 Å². The van der Waals surface area contributed by atoms with Crippen molar-refractivity contribution in [2.24, 2.45) is 0 Å². The highest BCUT2D eigenvalue weighted by Crippen LogP contribution is 2.39. The first-order valence-corrected chi connectivity index (χ1v) is 11.3. The summed E-state index contributed by atoms with van der Waals surface area (Å²) in [6, 6.07) is 18.5. The second-order valence-corrected chi connectivity index (χ2v) is 8.91. The molecule has 0 spiro atoms. The average molecular weight is 462 g/mol. The second-order valence-electron chi connectivity index (χ2n) is 8.00. The number of aliphatic hydroxyl groups is 1. The fourth-order valence-corrected chi connectivity index (χ4v) is 5.05. The maximum absolute atomic E-state index is 11.0. The van der Waals surface area contributed by atoms with Crippen LogP contribution >= 0.6 is 15.9 Å². The van der Waals surface area contributed by atoms with Crippen LogP contribution in [0.4, 0.5) is 0 Å². The van der Waals surface area contributed by atoms with Crippen molar-refractivity contribution in [3.8, 4) is 0 Å². The Hall–Kier alpha value is -2.50. The monoisotopic (exact) mass is 461 g/mol. The largest absolute Gasteiger partial charge is 0.382 e. The third-order valence-electron chi connectivity index (χ3n) is 6.11. The van der Waals surface area contributed by atoms with Crippen LogP contribution in [0.3, 0.4) is 0 Å². The lowest BCUT2D eigenvalue weighted by atomic mass is 10.0. The normalized spacial score (nSPS) is 16.7. The topological polar surface area (TPSA) is 50.9 Å². The van der Waals surface area contributed by atoms with Gasteiger partial charge in [-0.05, 0) is 60.2 Å². The van der Waals surface area contributed by atoms with Crippen molar-refractivity contribution in [1.82, 2.24) is 14.5 Å². The molecule has 2 aromatic heterocycles. The fourth-order valence-electron chi connectivity index (χ4n) is 4.64. The first kappa shape index (κ1) is 19.5. The molecule has 4 nitrogen and oxygen atoms in total. The smallest absolute Gasteiger partial charge is 0.161 e. The van der Waals surface area contributed by atoms with Gasteiger partial charge in [0, 0.05) is 10.9 Å². The molecule has 0 saturated heterocycles. The molecule has 5 heteroatoms. The minimum absolute atomic E-state index is 0.226. The lowest BCUT2D eigenvalue weighted by Gasteiger charge is -2.18. The number of fused-ring (bicyclic) bond motifs is 2. The molecule has 0 radical (unpaired) electrons. The third-order valence-corrected chi connectivity index (χ3v) is 6.60. The van der Waals surface area contributed by atoms with Crippen LogP contribution in [-0.2, 0) is 12.8 Å². The minimum Gasteiger partial charge on any atom is -0.382 e. The first-order chi connectivity index (χ1) is 14.6. The van der Waals surface area contributed by atoms with Gasteiger partial charge in [0.05, 0.1) is 11.7 Å². The van der Waals surface area contributed by atoms with E-state index in [0.29, 0.717) is 5.69 Å². The summed E-state index contributed by atoms with van der Waals surface area (Å²) in [4.78, 5) is 9.91. The molecule has 1 aliphatic rings. The molecule has 5 rings (SSSR count). The first-order valence-electron chi connectivity index (χ1n) is 10.5. The Bertz CT molecular complexity index is 1230. The summed E-state index contributed by atoms with van der Waals surface area (Å²) >= 11 is 3.60. The predicted molar refractivity (Wildman–Crippen MR) is 123 cm³/mol. The zero-order valence-electron chi connectivity index (χ0n) is 17.1. The zero-order valence-corrected chi connectivity index (χ0v) is 18.7. The van der Waals surface area contributed by atoms with Gasteiger partial charge in [-0.1, -0.05) is 59.3 Å². The predicted octanol–water partition coefficient (Wildman–Crippen LogP) is 5.68. The van der Waals surface area contributed by atoms with Gasteiger partial charge in [-0.25, -0.2) is 9.97 Å². The van der Waals surface area contributed by atoms with Crippen molar-refractivity contribution in [1.29, 1.82) is 0 Å². The van der Waals surface area contributed by atoms with Crippen molar-refractivity contribution < 1.29 is 5.11 Å². The number of hydrogen-bond acceptors (Lipinski definition) is 3. The molecule has 0 bridgehead atoms. The Kier molecular flexibility index (Phi) is 4.95.